The molecule has 0 aromatic heterocycles. The Morgan fingerprint density at radius 1 is 0.909 bits per heavy atom. The van der Waals surface area contributed by atoms with Gasteiger partial charge in [-0.2, -0.15) is 0 Å². The highest BCUT2D eigenvalue weighted by Gasteiger charge is 2.13. The van der Waals surface area contributed by atoms with Crippen molar-refractivity contribution in [2.75, 3.05) is 6.54 Å². The van der Waals surface area contributed by atoms with Crippen LogP contribution in [0.25, 0.3) is 0 Å². The first-order valence-corrected chi connectivity index (χ1v) is 7.90. The van der Waals surface area contributed by atoms with Gasteiger partial charge in [0.15, 0.2) is 0 Å². The van der Waals surface area contributed by atoms with E-state index in [0.717, 1.165) is 30.5 Å². The molecule has 0 aliphatic rings. The zero-order valence-electron chi connectivity index (χ0n) is 13.2. The van der Waals surface area contributed by atoms with Gasteiger partial charge in [-0.15, -0.1) is 0 Å². The molecule has 2 rings (SSSR count). The lowest BCUT2D eigenvalue weighted by Crippen LogP contribution is -2.39. The minimum absolute atomic E-state index is 0.00107. The number of carbonyl (C=O) groups is 1. The van der Waals surface area contributed by atoms with Gasteiger partial charge in [-0.05, 0) is 17.5 Å². The van der Waals surface area contributed by atoms with E-state index >= 15 is 0 Å². The first kappa shape index (κ1) is 16.1. The Balaban J connectivity index is 2.04. The van der Waals surface area contributed by atoms with E-state index in [9.17, 15) is 4.79 Å². The van der Waals surface area contributed by atoms with Crippen molar-refractivity contribution < 1.29 is 4.79 Å². The Hall–Kier alpha value is -2.29. The fourth-order valence-electron chi connectivity index (χ4n) is 2.29. The zero-order valence-corrected chi connectivity index (χ0v) is 13.2. The number of hydrogen-bond acceptors (Lipinski definition) is 1. The third-order valence-electron chi connectivity index (χ3n) is 3.53. The normalized spacial score (nSPS) is 10.2. The van der Waals surface area contributed by atoms with E-state index < -0.39 is 0 Å². The molecule has 0 radical (unpaired) electrons. The number of nitrogens with zero attached hydrogens (tertiary/aromatic N) is 1. The summed E-state index contributed by atoms with van der Waals surface area (Å²) in [5.74, 6) is 0. The summed E-state index contributed by atoms with van der Waals surface area (Å²) in [5, 5.41) is 3.01. The second-order valence-corrected chi connectivity index (χ2v) is 5.41. The summed E-state index contributed by atoms with van der Waals surface area (Å²) in [6.07, 6.45) is 2.09. The van der Waals surface area contributed by atoms with Crippen molar-refractivity contribution in [1.82, 2.24) is 10.2 Å². The van der Waals surface area contributed by atoms with Crippen LogP contribution < -0.4 is 5.32 Å². The highest BCUT2D eigenvalue weighted by atomic mass is 16.2. The number of nitrogens with one attached hydrogen (secondary N) is 1. The highest BCUT2D eigenvalue weighted by molar-refractivity contribution is 5.74. The molecule has 0 bridgehead atoms. The van der Waals surface area contributed by atoms with Gasteiger partial charge in [0, 0.05) is 19.6 Å². The van der Waals surface area contributed by atoms with Crippen molar-refractivity contribution >= 4 is 6.03 Å². The number of amides is 2. The summed E-state index contributed by atoms with van der Waals surface area (Å²) in [4.78, 5) is 14.3. The van der Waals surface area contributed by atoms with Crippen molar-refractivity contribution in [3.63, 3.8) is 0 Å². The SMILES string of the molecule is CCCCNC(=O)N(Cc1ccccc1)Cc1ccccc1. The van der Waals surface area contributed by atoms with Crippen LogP contribution in [0.5, 0.6) is 0 Å². The van der Waals surface area contributed by atoms with Gasteiger partial charge in [0.2, 0.25) is 0 Å². The number of urea groups is 1. The Morgan fingerprint density at radius 2 is 1.41 bits per heavy atom. The van der Waals surface area contributed by atoms with Crippen LogP contribution in [0.1, 0.15) is 30.9 Å². The van der Waals surface area contributed by atoms with Crippen LogP contribution in [0, 0.1) is 0 Å². The van der Waals surface area contributed by atoms with E-state index in [1.807, 2.05) is 41.3 Å². The molecule has 116 valence electrons. The van der Waals surface area contributed by atoms with E-state index in [1.54, 1.807) is 0 Å². The van der Waals surface area contributed by atoms with Gasteiger partial charge in [0.05, 0.1) is 0 Å². The van der Waals surface area contributed by atoms with E-state index in [-0.39, 0.29) is 6.03 Å². The molecule has 0 saturated heterocycles. The van der Waals surface area contributed by atoms with Crippen LogP contribution in [-0.2, 0) is 13.1 Å². The quantitative estimate of drug-likeness (QED) is 0.763. The van der Waals surface area contributed by atoms with Gasteiger partial charge >= 0.3 is 6.03 Å². The van der Waals surface area contributed by atoms with E-state index in [2.05, 4.69) is 36.5 Å². The minimum Gasteiger partial charge on any atom is -0.338 e. The van der Waals surface area contributed by atoms with Crippen LogP contribution in [0.15, 0.2) is 60.7 Å². The molecule has 0 unspecified atom stereocenters. The van der Waals surface area contributed by atoms with Gasteiger partial charge in [0.25, 0.3) is 0 Å². The Morgan fingerprint density at radius 3 is 1.86 bits per heavy atom. The predicted molar refractivity (Wildman–Crippen MR) is 90.4 cm³/mol. The maximum Gasteiger partial charge on any atom is 0.318 e. The number of carbonyl (C=O) groups excluding carboxylic acids is 1. The Labute approximate surface area is 133 Å². The second kappa shape index (κ2) is 8.88. The van der Waals surface area contributed by atoms with E-state index in [4.69, 9.17) is 0 Å². The maximum atomic E-state index is 12.4. The van der Waals surface area contributed by atoms with Crippen LogP contribution in [-0.4, -0.2) is 17.5 Å². The first-order chi connectivity index (χ1) is 10.8. The smallest absolute Gasteiger partial charge is 0.318 e. The third-order valence-corrected chi connectivity index (χ3v) is 3.53. The van der Waals surface area contributed by atoms with Gasteiger partial charge < -0.3 is 10.2 Å². The molecule has 0 fully saturated rings. The van der Waals surface area contributed by atoms with E-state index in [1.165, 1.54) is 0 Å². The van der Waals surface area contributed by atoms with Gasteiger partial charge in [0.1, 0.15) is 0 Å². The lowest BCUT2D eigenvalue weighted by molar-refractivity contribution is 0.192. The van der Waals surface area contributed by atoms with Crippen molar-refractivity contribution in [3.05, 3.63) is 71.8 Å². The molecule has 0 heterocycles. The predicted octanol–water partition coefficient (Wildman–Crippen LogP) is 4.20. The number of hydrogen-bond donors (Lipinski definition) is 1. The largest absolute Gasteiger partial charge is 0.338 e. The monoisotopic (exact) mass is 296 g/mol. The van der Waals surface area contributed by atoms with Crippen molar-refractivity contribution in [3.8, 4) is 0 Å². The molecular weight excluding hydrogens is 272 g/mol. The number of benzene rings is 2. The van der Waals surface area contributed by atoms with Crippen LogP contribution >= 0.6 is 0 Å². The molecule has 3 heteroatoms. The van der Waals surface area contributed by atoms with Crippen LogP contribution in [0.3, 0.4) is 0 Å². The molecule has 22 heavy (non-hydrogen) atoms. The summed E-state index contributed by atoms with van der Waals surface area (Å²) >= 11 is 0. The van der Waals surface area contributed by atoms with Gasteiger partial charge in [-0.3, -0.25) is 0 Å². The molecule has 0 aliphatic heterocycles. The molecule has 0 saturated carbocycles. The topological polar surface area (TPSA) is 32.3 Å². The molecule has 3 nitrogen and oxygen atoms in total. The Bertz CT molecular complexity index is 513. The molecule has 1 N–H and O–H groups in total. The number of rotatable bonds is 7. The zero-order chi connectivity index (χ0) is 15.6. The summed E-state index contributed by atoms with van der Waals surface area (Å²) in [6.45, 7) is 4.09. The standard InChI is InChI=1S/C19H24N2O/c1-2-3-14-20-19(22)21(15-17-10-6-4-7-11-17)16-18-12-8-5-9-13-18/h4-13H,2-3,14-16H2,1H3,(H,20,22). The van der Waals surface area contributed by atoms with Crippen LogP contribution in [0.2, 0.25) is 0 Å². The molecule has 2 amide bonds. The van der Waals surface area contributed by atoms with Crippen molar-refractivity contribution in [1.29, 1.82) is 0 Å². The molecule has 0 spiro atoms. The molecule has 2 aromatic rings. The lowest BCUT2D eigenvalue weighted by atomic mass is 10.2. The fourth-order valence-corrected chi connectivity index (χ4v) is 2.29. The molecular formula is C19H24N2O. The second-order valence-electron chi connectivity index (χ2n) is 5.41. The van der Waals surface area contributed by atoms with Gasteiger partial charge in [-0.25, -0.2) is 4.79 Å². The molecule has 0 atom stereocenters. The van der Waals surface area contributed by atoms with Crippen molar-refractivity contribution in [2.24, 2.45) is 0 Å². The average molecular weight is 296 g/mol. The number of unbranched alkanes of at least 4 members (excludes halogenated alkanes) is 1. The summed E-state index contributed by atoms with van der Waals surface area (Å²) in [7, 11) is 0. The summed E-state index contributed by atoms with van der Waals surface area (Å²) in [5.41, 5.74) is 2.29. The summed E-state index contributed by atoms with van der Waals surface area (Å²) < 4.78 is 0. The lowest BCUT2D eigenvalue weighted by Gasteiger charge is -2.23. The van der Waals surface area contributed by atoms with Crippen LogP contribution in [0.4, 0.5) is 4.79 Å². The molecule has 0 aliphatic carbocycles. The minimum atomic E-state index is 0.00107. The maximum absolute atomic E-state index is 12.4. The Kier molecular flexibility index (Phi) is 6.49. The summed E-state index contributed by atoms with van der Waals surface area (Å²) in [6, 6.07) is 20.2. The van der Waals surface area contributed by atoms with Crippen molar-refractivity contribution in [2.45, 2.75) is 32.9 Å². The highest BCUT2D eigenvalue weighted by Crippen LogP contribution is 2.10. The third kappa shape index (κ3) is 5.24. The first-order valence-electron chi connectivity index (χ1n) is 7.90. The average Bonchev–Trinajstić information content (AvgIpc) is 2.56. The fraction of sp³-hybridized carbons (Fsp3) is 0.316. The van der Waals surface area contributed by atoms with E-state index in [0.29, 0.717) is 13.1 Å². The van der Waals surface area contributed by atoms with Gasteiger partial charge in [-0.1, -0.05) is 74.0 Å². The molecule has 2 aromatic carbocycles.